The summed E-state index contributed by atoms with van der Waals surface area (Å²) >= 11 is 0. The third-order valence-corrected chi connectivity index (χ3v) is 4.94. The number of pyridine rings is 1. The summed E-state index contributed by atoms with van der Waals surface area (Å²) in [6.07, 6.45) is 1.54. The van der Waals surface area contributed by atoms with Crippen molar-refractivity contribution in [2.24, 2.45) is 0 Å². The molecule has 32 heavy (non-hydrogen) atoms. The maximum Gasteiger partial charge on any atom is 0.221 e. The maximum absolute atomic E-state index is 11.7. The molecular formula is C26H22N4O2. The number of benzene rings is 3. The van der Waals surface area contributed by atoms with E-state index in [0.717, 1.165) is 16.8 Å². The zero-order chi connectivity index (χ0) is 22.5. The van der Waals surface area contributed by atoms with E-state index in [4.69, 9.17) is 4.74 Å². The van der Waals surface area contributed by atoms with E-state index in [0.29, 0.717) is 40.2 Å². The minimum Gasteiger partial charge on any atom is -0.492 e. The lowest BCUT2D eigenvalue weighted by molar-refractivity contribution is -0.114. The highest BCUT2D eigenvalue weighted by atomic mass is 16.5. The molecule has 0 aliphatic rings. The zero-order valence-electron chi connectivity index (χ0n) is 17.8. The summed E-state index contributed by atoms with van der Waals surface area (Å²) in [6, 6.07) is 23.9. The molecule has 0 unspecified atom stereocenters. The molecule has 0 fully saturated rings. The van der Waals surface area contributed by atoms with E-state index >= 15 is 0 Å². The number of hydrogen-bond acceptors (Lipinski definition) is 5. The highest BCUT2D eigenvalue weighted by Crippen LogP contribution is 2.36. The van der Waals surface area contributed by atoms with Crippen LogP contribution >= 0.6 is 0 Å². The normalized spacial score (nSPS) is 10.4. The fourth-order valence-electron chi connectivity index (χ4n) is 3.55. The standard InChI is InChI=1S/C26H22N4O2/c1-3-32-25-14-23-22(13-24(25)29-17(2)31)26(20(15-27)16-28-23)30-21-11-7-10-19(12-21)18-8-5-4-6-9-18/h4-14,16H,3H2,1-2H3,(H,28,30)(H,29,31). The summed E-state index contributed by atoms with van der Waals surface area (Å²) in [7, 11) is 0. The van der Waals surface area contributed by atoms with Gasteiger partial charge in [-0.15, -0.1) is 0 Å². The number of rotatable bonds is 6. The molecule has 0 atom stereocenters. The van der Waals surface area contributed by atoms with Gasteiger partial charge in [-0.2, -0.15) is 5.26 Å². The molecule has 0 radical (unpaired) electrons. The number of amides is 1. The maximum atomic E-state index is 11.7. The smallest absolute Gasteiger partial charge is 0.221 e. The number of aromatic nitrogens is 1. The molecule has 0 saturated heterocycles. The molecule has 1 aromatic heterocycles. The SMILES string of the molecule is CCOc1cc2ncc(C#N)c(Nc3cccc(-c4ccccc4)c3)c2cc1NC(C)=O. The minimum absolute atomic E-state index is 0.209. The molecule has 4 rings (SSSR count). The van der Waals surface area contributed by atoms with Crippen LogP contribution in [0.3, 0.4) is 0 Å². The Morgan fingerprint density at radius 2 is 1.84 bits per heavy atom. The number of nitrogens with one attached hydrogen (secondary N) is 2. The number of nitriles is 1. The fourth-order valence-corrected chi connectivity index (χ4v) is 3.55. The van der Waals surface area contributed by atoms with Gasteiger partial charge in [0, 0.05) is 30.3 Å². The molecule has 0 saturated carbocycles. The van der Waals surface area contributed by atoms with Gasteiger partial charge in [-0.1, -0.05) is 42.5 Å². The van der Waals surface area contributed by atoms with Crippen molar-refractivity contribution >= 4 is 33.9 Å². The number of fused-ring (bicyclic) bond motifs is 1. The van der Waals surface area contributed by atoms with Crippen LogP contribution in [-0.4, -0.2) is 17.5 Å². The van der Waals surface area contributed by atoms with Crippen molar-refractivity contribution in [3.8, 4) is 22.9 Å². The second kappa shape index (κ2) is 9.19. The van der Waals surface area contributed by atoms with E-state index in [2.05, 4.69) is 33.8 Å². The largest absolute Gasteiger partial charge is 0.492 e. The number of carbonyl (C=O) groups excluding carboxylic acids is 1. The highest BCUT2D eigenvalue weighted by molar-refractivity contribution is 6.01. The molecule has 0 spiro atoms. The van der Waals surface area contributed by atoms with Gasteiger partial charge in [-0.25, -0.2) is 0 Å². The van der Waals surface area contributed by atoms with Crippen molar-refractivity contribution in [1.29, 1.82) is 5.26 Å². The first-order chi connectivity index (χ1) is 15.6. The van der Waals surface area contributed by atoms with Crippen LogP contribution in [0, 0.1) is 11.3 Å². The Hall–Kier alpha value is -4.37. The Bertz CT molecular complexity index is 1330. The molecule has 0 bridgehead atoms. The summed E-state index contributed by atoms with van der Waals surface area (Å²) in [5, 5.41) is 16.6. The van der Waals surface area contributed by atoms with Crippen LogP contribution in [0.15, 0.2) is 72.9 Å². The quantitative estimate of drug-likeness (QED) is 0.405. The first-order valence-corrected chi connectivity index (χ1v) is 10.3. The number of anilines is 3. The molecular weight excluding hydrogens is 400 g/mol. The van der Waals surface area contributed by atoms with Crippen LogP contribution in [0.1, 0.15) is 19.4 Å². The Morgan fingerprint density at radius 1 is 1.06 bits per heavy atom. The van der Waals surface area contributed by atoms with Gasteiger partial charge in [0.1, 0.15) is 11.8 Å². The number of nitrogens with zero attached hydrogens (tertiary/aromatic N) is 2. The topological polar surface area (TPSA) is 87.0 Å². The first kappa shape index (κ1) is 20.9. The predicted molar refractivity (Wildman–Crippen MR) is 127 cm³/mol. The van der Waals surface area contributed by atoms with Gasteiger partial charge in [-0.05, 0) is 36.2 Å². The molecule has 4 aromatic rings. The van der Waals surface area contributed by atoms with Gasteiger partial charge in [0.25, 0.3) is 0 Å². The minimum atomic E-state index is -0.209. The van der Waals surface area contributed by atoms with Gasteiger partial charge in [0.2, 0.25) is 5.91 Å². The van der Waals surface area contributed by atoms with Crippen LogP contribution in [0.2, 0.25) is 0 Å². The van der Waals surface area contributed by atoms with Gasteiger partial charge < -0.3 is 15.4 Å². The second-order valence-corrected chi connectivity index (χ2v) is 7.21. The first-order valence-electron chi connectivity index (χ1n) is 10.3. The monoisotopic (exact) mass is 422 g/mol. The van der Waals surface area contributed by atoms with Crippen molar-refractivity contribution in [1.82, 2.24) is 4.98 Å². The van der Waals surface area contributed by atoms with Gasteiger partial charge in [-0.3, -0.25) is 9.78 Å². The molecule has 1 amide bonds. The summed E-state index contributed by atoms with van der Waals surface area (Å²) < 4.78 is 5.69. The Labute approximate surface area is 186 Å². The van der Waals surface area contributed by atoms with E-state index in [1.807, 2.05) is 49.4 Å². The molecule has 2 N–H and O–H groups in total. The van der Waals surface area contributed by atoms with Crippen LogP contribution in [0.5, 0.6) is 5.75 Å². The second-order valence-electron chi connectivity index (χ2n) is 7.21. The Morgan fingerprint density at radius 3 is 2.56 bits per heavy atom. The van der Waals surface area contributed by atoms with Crippen molar-refractivity contribution in [3.63, 3.8) is 0 Å². The molecule has 1 heterocycles. The van der Waals surface area contributed by atoms with Crippen molar-refractivity contribution < 1.29 is 9.53 Å². The summed E-state index contributed by atoms with van der Waals surface area (Å²) in [6.45, 7) is 3.77. The van der Waals surface area contributed by atoms with Crippen molar-refractivity contribution in [3.05, 3.63) is 78.5 Å². The predicted octanol–water partition coefficient (Wildman–Crippen LogP) is 5.87. The number of carbonyl (C=O) groups is 1. The number of ether oxygens (including phenoxy) is 1. The van der Waals surface area contributed by atoms with Gasteiger partial charge in [0.05, 0.1) is 29.1 Å². The van der Waals surface area contributed by atoms with Crippen LogP contribution in [0.4, 0.5) is 17.1 Å². The summed E-state index contributed by atoms with van der Waals surface area (Å²) in [5.74, 6) is 0.323. The molecule has 158 valence electrons. The molecule has 0 aliphatic heterocycles. The lowest BCUT2D eigenvalue weighted by Crippen LogP contribution is -2.08. The highest BCUT2D eigenvalue weighted by Gasteiger charge is 2.15. The van der Waals surface area contributed by atoms with Crippen LogP contribution < -0.4 is 15.4 Å². The fraction of sp³-hybridized carbons (Fsp3) is 0.115. The van der Waals surface area contributed by atoms with Crippen molar-refractivity contribution in [2.45, 2.75) is 13.8 Å². The van der Waals surface area contributed by atoms with Crippen molar-refractivity contribution in [2.75, 3.05) is 17.2 Å². The average molecular weight is 422 g/mol. The third-order valence-electron chi connectivity index (χ3n) is 4.94. The molecule has 3 aromatic carbocycles. The lowest BCUT2D eigenvalue weighted by atomic mass is 10.0. The summed E-state index contributed by atoms with van der Waals surface area (Å²) in [5.41, 5.74) is 5.21. The number of hydrogen-bond donors (Lipinski definition) is 2. The van der Waals surface area contributed by atoms with Gasteiger partial charge >= 0.3 is 0 Å². The average Bonchev–Trinajstić information content (AvgIpc) is 2.80. The van der Waals surface area contributed by atoms with E-state index in [1.165, 1.54) is 6.92 Å². The van der Waals surface area contributed by atoms with Gasteiger partial charge in [0.15, 0.2) is 0 Å². The lowest BCUT2D eigenvalue weighted by Gasteiger charge is -2.16. The van der Waals surface area contributed by atoms with E-state index < -0.39 is 0 Å². The molecule has 0 aliphatic carbocycles. The Balaban J connectivity index is 1.82. The van der Waals surface area contributed by atoms with Crippen LogP contribution in [0.25, 0.3) is 22.0 Å². The van der Waals surface area contributed by atoms with E-state index in [-0.39, 0.29) is 5.91 Å². The molecule has 6 nitrogen and oxygen atoms in total. The van der Waals surface area contributed by atoms with Crippen LogP contribution in [-0.2, 0) is 4.79 Å². The summed E-state index contributed by atoms with van der Waals surface area (Å²) in [4.78, 5) is 16.2. The van der Waals surface area contributed by atoms with E-state index in [1.54, 1.807) is 18.3 Å². The molecule has 6 heteroatoms. The third kappa shape index (κ3) is 4.37. The van der Waals surface area contributed by atoms with E-state index in [9.17, 15) is 10.1 Å². The zero-order valence-corrected chi connectivity index (χ0v) is 17.8. The Kier molecular flexibility index (Phi) is 6.00.